The summed E-state index contributed by atoms with van der Waals surface area (Å²) in [5.74, 6) is 0.210. The van der Waals surface area contributed by atoms with E-state index >= 15 is 0 Å². The molecule has 1 aliphatic heterocycles. The van der Waals surface area contributed by atoms with Crippen molar-refractivity contribution in [3.05, 3.63) is 78.0 Å². The molecular formula is C20H22N4O. The van der Waals surface area contributed by atoms with Crippen molar-refractivity contribution in [3.8, 4) is 5.75 Å². The van der Waals surface area contributed by atoms with Gasteiger partial charge in [-0.3, -0.25) is 0 Å². The third kappa shape index (κ3) is 3.55. The molecule has 1 aromatic carbocycles. The van der Waals surface area contributed by atoms with E-state index in [0.29, 0.717) is 5.70 Å². The minimum atomic E-state index is 0.153. The van der Waals surface area contributed by atoms with Crippen LogP contribution in [0.25, 0.3) is 11.4 Å². The fourth-order valence-corrected chi connectivity index (χ4v) is 2.89. The van der Waals surface area contributed by atoms with E-state index in [9.17, 15) is 5.11 Å². The lowest BCUT2D eigenvalue weighted by atomic mass is 10.0. The van der Waals surface area contributed by atoms with Gasteiger partial charge in [0.2, 0.25) is 0 Å². The third-order valence-electron chi connectivity index (χ3n) is 4.27. The molecule has 1 atom stereocenters. The summed E-state index contributed by atoms with van der Waals surface area (Å²) < 4.78 is 0. The van der Waals surface area contributed by atoms with Crippen LogP contribution >= 0.6 is 0 Å². The first-order valence-corrected chi connectivity index (χ1v) is 8.33. The molecule has 0 fully saturated rings. The number of phenols is 1. The molecule has 0 amide bonds. The van der Waals surface area contributed by atoms with Gasteiger partial charge in [-0.05, 0) is 60.9 Å². The largest absolute Gasteiger partial charge is 0.508 e. The summed E-state index contributed by atoms with van der Waals surface area (Å²) in [7, 11) is 0. The average Bonchev–Trinajstić information content (AvgIpc) is 2.64. The summed E-state index contributed by atoms with van der Waals surface area (Å²) in [6, 6.07) is 8.87. The lowest BCUT2D eigenvalue weighted by Gasteiger charge is -2.32. The third-order valence-corrected chi connectivity index (χ3v) is 4.27. The quantitative estimate of drug-likeness (QED) is 0.895. The summed E-state index contributed by atoms with van der Waals surface area (Å²) in [4.78, 5) is 10.5. The fourth-order valence-electron chi connectivity index (χ4n) is 2.89. The number of rotatable bonds is 4. The van der Waals surface area contributed by atoms with Crippen molar-refractivity contribution < 1.29 is 5.11 Å². The molecule has 1 unspecified atom stereocenters. The highest BCUT2D eigenvalue weighted by molar-refractivity contribution is 5.88. The summed E-state index contributed by atoms with van der Waals surface area (Å²) in [5.41, 5.74) is 10.8. The average molecular weight is 334 g/mol. The smallest absolute Gasteiger partial charge is 0.116 e. The highest BCUT2D eigenvalue weighted by atomic mass is 16.3. The van der Waals surface area contributed by atoms with Gasteiger partial charge in [0.25, 0.3) is 0 Å². The molecule has 0 spiro atoms. The van der Waals surface area contributed by atoms with Crippen LogP contribution in [-0.4, -0.2) is 26.0 Å². The number of hydrogen-bond donors (Lipinski definition) is 2. The molecule has 0 radical (unpaired) electrons. The maximum atomic E-state index is 9.53. The number of phenolic OH excluding ortho intramolecular Hbond substituents is 1. The van der Waals surface area contributed by atoms with Crippen molar-refractivity contribution in [1.29, 1.82) is 0 Å². The maximum absolute atomic E-state index is 9.53. The van der Waals surface area contributed by atoms with E-state index in [-0.39, 0.29) is 11.8 Å². The van der Waals surface area contributed by atoms with Gasteiger partial charge < -0.3 is 15.7 Å². The standard InChI is InChI=1S/C20H22N4O/c1-3-15-9-11-24(14(2)12-15)20(18-8-10-22-13-23-18)19(21)16-4-6-17(25)7-5-16/h4-14,25H,3,21H2,1-2H3/b20-19-. The first kappa shape index (κ1) is 16.8. The highest BCUT2D eigenvalue weighted by Crippen LogP contribution is 2.30. The zero-order valence-corrected chi connectivity index (χ0v) is 14.4. The van der Waals surface area contributed by atoms with Gasteiger partial charge in [-0.15, -0.1) is 0 Å². The fraction of sp³-hybridized carbons (Fsp3) is 0.200. The second-order valence-corrected chi connectivity index (χ2v) is 5.96. The van der Waals surface area contributed by atoms with Crippen molar-refractivity contribution in [1.82, 2.24) is 14.9 Å². The van der Waals surface area contributed by atoms with Gasteiger partial charge in [-0.1, -0.05) is 13.0 Å². The molecule has 25 heavy (non-hydrogen) atoms. The Morgan fingerprint density at radius 2 is 2.00 bits per heavy atom. The van der Waals surface area contributed by atoms with E-state index in [1.54, 1.807) is 30.5 Å². The zero-order valence-electron chi connectivity index (χ0n) is 14.4. The van der Waals surface area contributed by atoms with E-state index in [1.807, 2.05) is 12.3 Å². The minimum Gasteiger partial charge on any atom is -0.508 e. The number of hydrogen-bond acceptors (Lipinski definition) is 5. The second-order valence-electron chi connectivity index (χ2n) is 5.96. The van der Waals surface area contributed by atoms with E-state index in [1.165, 1.54) is 11.9 Å². The lowest BCUT2D eigenvalue weighted by molar-refractivity contribution is 0.464. The van der Waals surface area contributed by atoms with Gasteiger partial charge in [0, 0.05) is 18.4 Å². The SMILES string of the molecule is CCC1=CC(C)N(/C(=C(\N)c2ccc(O)cc2)c2ccncn2)C=C1. The van der Waals surface area contributed by atoms with Crippen molar-refractivity contribution in [3.63, 3.8) is 0 Å². The molecule has 0 aliphatic carbocycles. The molecule has 5 nitrogen and oxygen atoms in total. The van der Waals surface area contributed by atoms with Crippen LogP contribution in [0.4, 0.5) is 0 Å². The molecule has 1 aliphatic rings. The maximum Gasteiger partial charge on any atom is 0.116 e. The van der Waals surface area contributed by atoms with Gasteiger partial charge >= 0.3 is 0 Å². The molecule has 128 valence electrons. The van der Waals surface area contributed by atoms with Gasteiger partial charge in [0.1, 0.15) is 12.1 Å². The molecule has 2 aromatic rings. The Labute approximate surface area is 147 Å². The Balaban J connectivity index is 2.11. The number of nitrogens with two attached hydrogens (primary N) is 1. The minimum absolute atomic E-state index is 0.153. The second kappa shape index (κ2) is 7.21. The van der Waals surface area contributed by atoms with Crippen molar-refractivity contribution in [2.45, 2.75) is 26.3 Å². The Morgan fingerprint density at radius 1 is 1.24 bits per heavy atom. The topological polar surface area (TPSA) is 75.3 Å². The molecule has 3 rings (SSSR count). The van der Waals surface area contributed by atoms with E-state index < -0.39 is 0 Å². The predicted octanol–water partition coefficient (Wildman–Crippen LogP) is 3.52. The molecule has 0 bridgehead atoms. The predicted molar refractivity (Wildman–Crippen MR) is 100.0 cm³/mol. The first-order valence-electron chi connectivity index (χ1n) is 8.33. The van der Waals surface area contributed by atoms with E-state index in [2.05, 4.69) is 40.9 Å². The van der Waals surface area contributed by atoms with Crippen LogP contribution < -0.4 is 5.73 Å². The number of allylic oxidation sites excluding steroid dienone is 2. The van der Waals surface area contributed by atoms with Crippen LogP contribution in [0.1, 0.15) is 31.5 Å². The van der Waals surface area contributed by atoms with Crippen molar-refractivity contribution in [2.24, 2.45) is 5.73 Å². The lowest BCUT2D eigenvalue weighted by Crippen LogP contribution is -2.29. The Kier molecular flexibility index (Phi) is 4.84. The number of nitrogens with zero attached hydrogens (tertiary/aromatic N) is 3. The van der Waals surface area contributed by atoms with Gasteiger partial charge in [0.05, 0.1) is 17.1 Å². The molecule has 2 heterocycles. The van der Waals surface area contributed by atoms with E-state index in [0.717, 1.165) is 23.4 Å². The van der Waals surface area contributed by atoms with Crippen LogP contribution in [0.5, 0.6) is 5.75 Å². The normalized spacial score (nSPS) is 17.9. The van der Waals surface area contributed by atoms with Crippen LogP contribution in [0.15, 0.2) is 66.8 Å². The molecule has 5 heteroatoms. The first-order chi connectivity index (χ1) is 12.1. The summed E-state index contributed by atoms with van der Waals surface area (Å²) >= 11 is 0. The Morgan fingerprint density at radius 3 is 2.60 bits per heavy atom. The van der Waals surface area contributed by atoms with Crippen LogP contribution in [0.3, 0.4) is 0 Å². The number of benzene rings is 1. The molecule has 1 aromatic heterocycles. The van der Waals surface area contributed by atoms with Crippen LogP contribution in [-0.2, 0) is 0 Å². The van der Waals surface area contributed by atoms with Gasteiger partial charge in [0.15, 0.2) is 0 Å². The Hall–Kier alpha value is -3.08. The number of aromatic nitrogens is 2. The van der Waals surface area contributed by atoms with E-state index in [4.69, 9.17) is 5.73 Å². The summed E-state index contributed by atoms with van der Waals surface area (Å²) in [5, 5.41) is 9.53. The highest BCUT2D eigenvalue weighted by Gasteiger charge is 2.22. The van der Waals surface area contributed by atoms with Crippen molar-refractivity contribution >= 4 is 11.4 Å². The monoisotopic (exact) mass is 334 g/mol. The summed E-state index contributed by atoms with van der Waals surface area (Å²) in [6.07, 6.45) is 10.6. The van der Waals surface area contributed by atoms with Gasteiger partial charge in [-0.2, -0.15) is 0 Å². The number of aromatic hydroxyl groups is 1. The molecule has 0 saturated carbocycles. The molecule has 0 saturated heterocycles. The van der Waals surface area contributed by atoms with Crippen LogP contribution in [0.2, 0.25) is 0 Å². The summed E-state index contributed by atoms with van der Waals surface area (Å²) in [6.45, 7) is 4.27. The van der Waals surface area contributed by atoms with Crippen molar-refractivity contribution in [2.75, 3.05) is 0 Å². The molecule has 3 N–H and O–H groups in total. The van der Waals surface area contributed by atoms with Crippen LogP contribution in [0, 0.1) is 0 Å². The zero-order chi connectivity index (χ0) is 17.8. The Bertz CT molecular complexity index is 823. The molecular weight excluding hydrogens is 312 g/mol. The van der Waals surface area contributed by atoms with Gasteiger partial charge in [-0.25, -0.2) is 9.97 Å².